The fourth-order valence-electron chi connectivity index (χ4n) is 4.06. The van der Waals surface area contributed by atoms with E-state index in [2.05, 4.69) is 20.3 Å². The maximum atomic E-state index is 13.5. The lowest BCUT2D eigenvalue weighted by atomic mass is 10.2. The number of anilines is 1. The molecule has 3 aromatic heterocycles. The normalized spacial score (nSPS) is 11.4. The summed E-state index contributed by atoms with van der Waals surface area (Å²) in [5.74, 6) is 0.0159. The maximum Gasteiger partial charge on any atom is 0.332 e. The number of hydrogen-bond donors (Lipinski definition) is 2. The molecule has 5 rings (SSSR count). The number of benzene rings is 2. The van der Waals surface area contributed by atoms with Gasteiger partial charge in [0.1, 0.15) is 11.6 Å². The molecule has 35 heavy (non-hydrogen) atoms. The predicted octanol–water partition coefficient (Wildman–Crippen LogP) is 2.54. The third-order valence-electron chi connectivity index (χ3n) is 5.88. The van der Waals surface area contributed by atoms with Crippen molar-refractivity contribution in [2.24, 2.45) is 14.1 Å². The average molecular weight is 475 g/mol. The third kappa shape index (κ3) is 4.12. The van der Waals surface area contributed by atoms with Crippen LogP contribution >= 0.6 is 0 Å². The van der Waals surface area contributed by atoms with E-state index in [1.807, 2.05) is 0 Å². The van der Waals surface area contributed by atoms with Gasteiger partial charge in [-0.25, -0.2) is 19.2 Å². The van der Waals surface area contributed by atoms with Gasteiger partial charge in [-0.1, -0.05) is 12.1 Å². The van der Waals surface area contributed by atoms with Gasteiger partial charge in [0, 0.05) is 38.3 Å². The Morgan fingerprint density at radius 3 is 2.74 bits per heavy atom. The molecule has 0 radical (unpaired) electrons. The van der Waals surface area contributed by atoms with Gasteiger partial charge in [-0.05, 0) is 36.8 Å². The van der Waals surface area contributed by atoms with E-state index in [1.54, 1.807) is 41.9 Å². The third-order valence-corrected chi connectivity index (χ3v) is 5.88. The number of aryl methyl sites for hydroxylation is 2. The first-order chi connectivity index (χ1) is 16.8. The predicted molar refractivity (Wildman–Crippen MR) is 130 cm³/mol. The van der Waals surface area contributed by atoms with E-state index in [-0.39, 0.29) is 18.1 Å². The van der Waals surface area contributed by atoms with Crippen molar-refractivity contribution in [3.05, 3.63) is 75.4 Å². The quantitative estimate of drug-likeness (QED) is 0.391. The first-order valence-corrected chi connectivity index (χ1v) is 11.0. The van der Waals surface area contributed by atoms with Crippen molar-refractivity contribution in [3.8, 4) is 11.4 Å². The second-order valence-electron chi connectivity index (χ2n) is 8.30. The highest BCUT2D eigenvalue weighted by Gasteiger charge is 2.14. The van der Waals surface area contributed by atoms with Crippen LogP contribution in [0.2, 0.25) is 0 Å². The SMILES string of the molecule is Cn1c(=O)c2c(ncn2CCCC(=O)Nc2ccc3nc(-c4cccc(F)c4)[nH]c3c2)n(C)c1=O. The number of H-pyrrole nitrogens is 1. The van der Waals surface area contributed by atoms with Gasteiger partial charge in [0.2, 0.25) is 5.91 Å². The first kappa shape index (κ1) is 22.3. The van der Waals surface area contributed by atoms with E-state index in [0.717, 1.165) is 4.57 Å². The highest BCUT2D eigenvalue weighted by atomic mass is 19.1. The molecule has 0 aliphatic rings. The molecule has 0 bridgehead atoms. The zero-order chi connectivity index (χ0) is 24.7. The monoisotopic (exact) mass is 475 g/mol. The van der Waals surface area contributed by atoms with Gasteiger partial charge in [0.15, 0.2) is 11.2 Å². The Kier molecular flexibility index (Phi) is 5.51. The molecule has 11 heteroatoms. The molecule has 2 aromatic carbocycles. The molecule has 0 aliphatic carbocycles. The Balaban J connectivity index is 1.26. The highest BCUT2D eigenvalue weighted by molar-refractivity contribution is 5.93. The van der Waals surface area contributed by atoms with Crippen molar-refractivity contribution < 1.29 is 9.18 Å². The number of carbonyl (C=O) groups is 1. The number of aromatic nitrogens is 6. The van der Waals surface area contributed by atoms with Crippen molar-refractivity contribution in [1.29, 1.82) is 0 Å². The number of aromatic amines is 1. The van der Waals surface area contributed by atoms with E-state index >= 15 is 0 Å². The van der Waals surface area contributed by atoms with Crippen molar-refractivity contribution >= 4 is 33.8 Å². The van der Waals surface area contributed by atoms with Gasteiger partial charge in [-0.15, -0.1) is 0 Å². The number of halogens is 1. The molecule has 5 aromatic rings. The summed E-state index contributed by atoms with van der Waals surface area (Å²) in [5.41, 5.74) is 2.43. The second-order valence-corrected chi connectivity index (χ2v) is 8.30. The molecule has 3 heterocycles. The van der Waals surface area contributed by atoms with Crippen molar-refractivity contribution in [2.75, 3.05) is 5.32 Å². The minimum Gasteiger partial charge on any atom is -0.338 e. The van der Waals surface area contributed by atoms with Crippen LogP contribution in [-0.4, -0.2) is 34.6 Å². The van der Waals surface area contributed by atoms with Crippen LogP contribution < -0.4 is 16.6 Å². The second kappa shape index (κ2) is 8.67. The van der Waals surface area contributed by atoms with Gasteiger partial charge >= 0.3 is 5.69 Å². The highest BCUT2D eigenvalue weighted by Crippen LogP contribution is 2.23. The molecule has 1 amide bonds. The van der Waals surface area contributed by atoms with Crippen LogP contribution in [0.5, 0.6) is 0 Å². The number of fused-ring (bicyclic) bond motifs is 2. The van der Waals surface area contributed by atoms with Gasteiger partial charge in [0.05, 0.1) is 17.4 Å². The number of nitrogens with zero attached hydrogens (tertiary/aromatic N) is 5. The van der Waals surface area contributed by atoms with Gasteiger partial charge in [-0.2, -0.15) is 0 Å². The molecule has 0 fully saturated rings. The molecule has 2 N–H and O–H groups in total. The number of rotatable bonds is 6. The topological polar surface area (TPSA) is 120 Å². The van der Waals surface area contributed by atoms with Crippen LogP contribution in [0.15, 0.2) is 58.4 Å². The summed E-state index contributed by atoms with van der Waals surface area (Å²) in [7, 11) is 2.99. The Labute approximate surface area is 197 Å². The zero-order valence-corrected chi connectivity index (χ0v) is 19.1. The Morgan fingerprint density at radius 1 is 1.11 bits per heavy atom. The van der Waals surface area contributed by atoms with Crippen LogP contribution in [0.4, 0.5) is 10.1 Å². The molecule has 0 saturated heterocycles. The fraction of sp³-hybridized carbons (Fsp3) is 0.208. The number of hydrogen-bond acceptors (Lipinski definition) is 5. The van der Waals surface area contributed by atoms with E-state index in [9.17, 15) is 18.8 Å². The van der Waals surface area contributed by atoms with Crippen molar-refractivity contribution in [3.63, 3.8) is 0 Å². The largest absolute Gasteiger partial charge is 0.338 e. The van der Waals surface area contributed by atoms with Gasteiger partial charge in [0.25, 0.3) is 5.56 Å². The standard InChI is InChI=1S/C24H22FN7O3/c1-30-22-20(23(34)31(2)24(30)35)32(13-26-22)10-4-7-19(33)27-16-8-9-17-18(12-16)29-21(28-17)14-5-3-6-15(25)11-14/h3,5-6,8-9,11-13H,4,7,10H2,1-2H3,(H,27,33)(H,28,29). The minimum atomic E-state index is -0.440. The lowest BCUT2D eigenvalue weighted by molar-refractivity contribution is -0.116. The van der Waals surface area contributed by atoms with E-state index in [1.165, 1.54) is 30.1 Å². The molecule has 0 unspecified atom stereocenters. The summed E-state index contributed by atoms with van der Waals surface area (Å²) in [5, 5.41) is 2.86. The molecule has 0 spiro atoms. The minimum absolute atomic E-state index is 0.182. The first-order valence-electron chi connectivity index (χ1n) is 11.0. The maximum absolute atomic E-state index is 13.5. The average Bonchev–Trinajstić information content (AvgIpc) is 3.46. The van der Waals surface area contributed by atoms with Crippen LogP contribution in [-0.2, 0) is 25.4 Å². The Morgan fingerprint density at radius 2 is 1.94 bits per heavy atom. The van der Waals surface area contributed by atoms with E-state index in [4.69, 9.17) is 0 Å². The van der Waals surface area contributed by atoms with Crippen LogP contribution in [0, 0.1) is 5.82 Å². The van der Waals surface area contributed by atoms with Gasteiger partial charge < -0.3 is 14.9 Å². The number of nitrogens with one attached hydrogen (secondary N) is 2. The van der Waals surface area contributed by atoms with Crippen LogP contribution in [0.1, 0.15) is 12.8 Å². The van der Waals surface area contributed by atoms with Crippen LogP contribution in [0.25, 0.3) is 33.6 Å². The lowest BCUT2D eigenvalue weighted by Crippen LogP contribution is -2.37. The summed E-state index contributed by atoms with van der Waals surface area (Å²) in [6, 6.07) is 11.5. The molecule has 0 aliphatic heterocycles. The zero-order valence-electron chi connectivity index (χ0n) is 19.1. The van der Waals surface area contributed by atoms with Crippen molar-refractivity contribution in [2.45, 2.75) is 19.4 Å². The van der Waals surface area contributed by atoms with Crippen LogP contribution in [0.3, 0.4) is 0 Å². The number of carbonyl (C=O) groups excluding carboxylic acids is 1. The Bertz CT molecular complexity index is 1710. The fourth-order valence-corrected chi connectivity index (χ4v) is 4.06. The molecule has 0 atom stereocenters. The number of imidazole rings is 2. The molecular weight excluding hydrogens is 453 g/mol. The summed E-state index contributed by atoms with van der Waals surface area (Å²) < 4.78 is 17.6. The van der Waals surface area contributed by atoms with E-state index < -0.39 is 11.2 Å². The molecular formula is C24H22FN7O3. The van der Waals surface area contributed by atoms with Gasteiger partial charge in [-0.3, -0.25) is 18.7 Å². The van der Waals surface area contributed by atoms with E-state index in [0.29, 0.717) is 52.2 Å². The molecule has 178 valence electrons. The summed E-state index contributed by atoms with van der Waals surface area (Å²) in [6.45, 7) is 0.397. The smallest absolute Gasteiger partial charge is 0.332 e. The summed E-state index contributed by atoms with van der Waals surface area (Å²) in [6.07, 6.45) is 2.20. The molecule has 0 saturated carbocycles. The van der Waals surface area contributed by atoms with Crippen molar-refractivity contribution in [1.82, 2.24) is 28.7 Å². The molecule has 10 nitrogen and oxygen atoms in total. The Hall–Kier alpha value is -4.54. The summed E-state index contributed by atoms with van der Waals surface area (Å²) >= 11 is 0. The lowest BCUT2D eigenvalue weighted by Gasteiger charge is -2.07. The summed E-state index contributed by atoms with van der Waals surface area (Å²) in [4.78, 5) is 48.9. The number of amides is 1.